The number of anilines is 1. The fourth-order valence-electron chi connectivity index (χ4n) is 3.60. The molecule has 4 atom stereocenters. The van der Waals surface area contributed by atoms with Gasteiger partial charge in [0.25, 0.3) is 5.56 Å². The molecule has 1 aliphatic carbocycles. The highest BCUT2D eigenvalue weighted by Gasteiger charge is 2.49. The molecule has 0 spiro atoms. The zero-order chi connectivity index (χ0) is 21.3. The molecule has 1 aliphatic rings. The van der Waals surface area contributed by atoms with Crippen molar-refractivity contribution in [2.45, 2.75) is 45.4 Å². The minimum atomic E-state index is -0.906. The van der Waals surface area contributed by atoms with Crippen LogP contribution < -0.4 is 11.3 Å². The van der Waals surface area contributed by atoms with Crippen molar-refractivity contribution >= 4 is 35.0 Å². The Kier molecular flexibility index (Phi) is 5.52. The van der Waals surface area contributed by atoms with Gasteiger partial charge in [-0.15, -0.1) is 0 Å². The van der Waals surface area contributed by atoms with Gasteiger partial charge in [0.1, 0.15) is 6.10 Å². The number of carbonyl (C=O) groups excluding carboxylic acids is 3. The molecule has 0 saturated heterocycles. The number of nitrogen functional groups attached to an aromatic ring is 1. The van der Waals surface area contributed by atoms with E-state index < -0.39 is 47.6 Å². The first kappa shape index (κ1) is 20.3. The monoisotopic (exact) mass is 407 g/mol. The second kappa shape index (κ2) is 7.89. The van der Waals surface area contributed by atoms with Crippen LogP contribution in [0.25, 0.3) is 11.2 Å². The molecule has 2 aromatic heterocycles. The van der Waals surface area contributed by atoms with Crippen LogP contribution in [0, 0.1) is 5.92 Å². The van der Waals surface area contributed by atoms with Crippen LogP contribution in [0.1, 0.15) is 33.2 Å². The summed E-state index contributed by atoms with van der Waals surface area (Å²) in [5.74, 6) is -2.20. The van der Waals surface area contributed by atoms with Crippen molar-refractivity contribution in [3.05, 3.63) is 16.7 Å². The third-order valence-electron chi connectivity index (χ3n) is 4.62. The third kappa shape index (κ3) is 4.20. The molecule has 2 heterocycles. The van der Waals surface area contributed by atoms with E-state index in [2.05, 4.69) is 15.0 Å². The Balaban J connectivity index is 2.05. The number of esters is 3. The first-order chi connectivity index (χ1) is 13.7. The number of hydrogen-bond donors (Lipinski definition) is 2. The number of nitrogens with zero attached hydrogens (tertiary/aromatic N) is 3. The van der Waals surface area contributed by atoms with Gasteiger partial charge in [0.05, 0.1) is 19.0 Å². The highest BCUT2D eigenvalue weighted by atomic mass is 16.6. The molecule has 1 fully saturated rings. The van der Waals surface area contributed by atoms with Crippen molar-refractivity contribution in [2.75, 3.05) is 12.3 Å². The molecule has 12 heteroatoms. The highest BCUT2D eigenvalue weighted by Crippen LogP contribution is 2.40. The number of imidazole rings is 1. The smallest absolute Gasteiger partial charge is 0.303 e. The van der Waals surface area contributed by atoms with Crippen LogP contribution in [0.15, 0.2) is 11.1 Å². The van der Waals surface area contributed by atoms with E-state index in [-0.39, 0.29) is 23.7 Å². The van der Waals surface area contributed by atoms with Gasteiger partial charge < -0.3 is 24.5 Å². The topological polar surface area (TPSA) is 168 Å². The Labute approximate surface area is 164 Å². The molecule has 0 amide bonds. The molecule has 3 N–H and O–H groups in total. The molecule has 0 aromatic carbocycles. The maximum absolute atomic E-state index is 12.1. The van der Waals surface area contributed by atoms with E-state index >= 15 is 0 Å². The summed E-state index contributed by atoms with van der Waals surface area (Å²) in [6.45, 7) is 3.69. The molecule has 12 nitrogen and oxygen atoms in total. The highest BCUT2D eigenvalue weighted by molar-refractivity contribution is 5.71. The van der Waals surface area contributed by atoms with Gasteiger partial charge in [0, 0.05) is 26.7 Å². The van der Waals surface area contributed by atoms with E-state index in [1.165, 1.54) is 27.1 Å². The van der Waals surface area contributed by atoms with E-state index in [9.17, 15) is 19.2 Å². The number of rotatable bonds is 5. The number of carbonyl (C=O) groups is 3. The van der Waals surface area contributed by atoms with Crippen molar-refractivity contribution in [1.82, 2.24) is 19.5 Å². The van der Waals surface area contributed by atoms with Gasteiger partial charge in [0.15, 0.2) is 17.3 Å². The summed E-state index contributed by atoms with van der Waals surface area (Å²) in [7, 11) is 0. The van der Waals surface area contributed by atoms with E-state index in [0.29, 0.717) is 6.42 Å². The van der Waals surface area contributed by atoms with Crippen LogP contribution in [0.3, 0.4) is 0 Å². The second-order valence-corrected chi connectivity index (χ2v) is 6.79. The van der Waals surface area contributed by atoms with Gasteiger partial charge in [-0.1, -0.05) is 0 Å². The first-order valence-corrected chi connectivity index (χ1v) is 8.87. The van der Waals surface area contributed by atoms with Gasteiger partial charge in [-0.3, -0.25) is 24.2 Å². The van der Waals surface area contributed by atoms with Crippen LogP contribution in [0.4, 0.5) is 5.95 Å². The molecule has 29 heavy (non-hydrogen) atoms. The van der Waals surface area contributed by atoms with Gasteiger partial charge in [-0.25, -0.2) is 4.98 Å². The molecule has 0 bridgehead atoms. The van der Waals surface area contributed by atoms with E-state index in [4.69, 9.17) is 19.9 Å². The summed E-state index contributed by atoms with van der Waals surface area (Å²) >= 11 is 0. The quantitative estimate of drug-likeness (QED) is 0.495. The lowest BCUT2D eigenvalue weighted by molar-refractivity contribution is -0.168. The van der Waals surface area contributed by atoms with E-state index in [0.717, 1.165) is 0 Å². The lowest BCUT2D eigenvalue weighted by Crippen LogP contribution is -2.38. The van der Waals surface area contributed by atoms with Crippen molar-refractivity contribution in [2.24, 2.45) is 5.92 Å². The normalized spacial score (nSPS) is 23.7. The number of nitrogens with two attached hydrogens (primary N) is 1. The Morgan fingerprint density at radius 3 is 2.45 bits per heavy atom. The van der Waals surface area contributed by atoms with Gasteiger partial charge in [-0.05, 0) is 6.42 Å². The number of ether oxygens (including phenoxy) is 3. The van der Waals surface area contributed by atoms with Crippen molar-refractivity contribution in [1.29, 1.82) is 0 Å². The van der Waals surface area contributed by atoms with Crippen molar-refractivity contribution in [3.63, 3.8) is 0 Å². The number of hydrogen-bond acceptors (Lipinski definition) is 10. The first-order valence-electron chi connectivity index (χ1n) is 8.87. The molecular weight excluding hydrogens is 386 g/mol. The van der Waals surface area contributed by atoms with Gasteiger partial charge >= 0.3 is 17.9 Å². The molecule has 0 unspecified atom stereocenters. The van der Waals surface area contributed by atoms with E-state index in [1.54, 1.807) is 4.57 Å². The zero-order valence-corrected chi connectivity index (χ0v) is 16.1. The Bertz CT molecular complexity index is 1010. The Hall–Kier alpha value is -3.44. The average molecular weight is 407 g/mol. The molecule has 0 radical (unpaired) electrons. The fourth-order valence-corrected chi connectivity index (χ4v) is 3.60. The van der Waals surface area contributed by atoms with Gasteiger partial charge in [0.2, 0.25) is 5.95 Å². The summed E-state index contributed by atoms with van der Waals surface area (Å²) in [4.78, 5) is 57.3. The lowest BCUT2D eigenvalue weighted by Gasteiger charge is -2.26. The Morgan fingerprint density at radius 2 is 1.83 bits per heavy atom. The molecule has 1 saturated carbocycles. The standard InChI is InChI=1S/C17H21N5O7/c1-7(23)27-5-10-4-11(14(29-9(3)25)13(10)28-8(2)24)22-6-19-12-15(22)20-17(18)21-16(12)26/h6,10-11,13-14H,4-5H2,1-3H3,(H3,18,20,21,26)/t10-,11-,13-,14+/m1/s1. The molecule has 2 aromatic rings. The molecular formula is C17H21N5O7. The lowest BCUT2D eigenvalue weighted by atomic mass is 10.1. The van der Waals surface area contributed by atoms with Crippen LogP contribution in [-0.4, -0.2) is 56.2 Å². The molecule has 3 rings (SSSR count). The summed E-state index contributed by atoms with van der Waals surface area (Å²) in [6.07, 6.45) is -0.0792. The Morgan fingerprint density at radius 1 is 1.17 bits per heavy atom. The maximum Gasteiger partial charge on any atom is 0.303 e. The molecule has 156 valence electrons. The summed E-state index contributed by atoms with van der Waals surface area (Å²) in [5.41, 5.74) is 5.40. The van der Waals surface area contributed by atoms with Crippen LogP contribution in [0.5, 0.6) is 0 Å². The predicted molar refractivity (Wildman–Crippen MR) is 97.4 cm³/mol. The van der Waals surface area contributed by atoms with Crippen LogP contribution >= 0.6 is 0 Å². The number of aromatic nitrogens is 4. The minimum absolute atomic E-state index is 0.0374. The zero-order valence-electron chi connectivity index (χ0n) is 16.1. The van der Waals surface area contributed by atoms with E-state index in [1.807, 2.05) is 0 Å². The summed E-state index contributed by atoms with van der Waals surface area (Å²) < 4.78 is 17.5. The minimum Gasteiger partial charge on any atom is -0.465 e. The summed E-state index contributed by atoms with van der Waals surface area (Å²) in [5, 5.41) is 0. The van der Waals surface area contributed by atoms with Crippen molar-refractivity contribution < 1.29 is 28.6 Å². The predicted octanol–water partition coefficient (Wildman–Crippen LogP) is -0.311. The molecule has 0 aliphatic heterocycles. The van der Waals surface area contributed by atoms with Crippen molar-refractivity contribution in [3.8, 4) is 0 Å². The SMILES string of the molecule is CC(=O)OC[C@H]1C[C@@H](n2cnc3c(=O)[nH]c(N)nc32)[C@H](OC(C)=O)[C@@H]1OC(C)=O. The third-order valence-corrected chi connectivity index (χ3v) is 4.62. The number of nitrogens with one attached hydrogen (secondary N) is 1. The second-order valence-electron chi connectivity index (χ2n) is 6.79. The van der Waals surface area contributed by atoms with Gasteiger partial charge in [-0.2, -0.15) is 4.98 Å². The number of H-pyrrole nitrogens is 1. The number of fused-ring (bicyclic) bond motifs is 1. The van der Waals surface area contributed by atoms with Crippen LogP contribution in [-0.2, 0) is 28.6 Å². The summed E-state index contributed by atoms with van der Waals surface area (Å²) in [6, 6.07) is -0.581. The largest absolute Gasteiger partial charge is 0.465 e. The number of aromatic amines is 1. The average Bonchev–Trinajstić information content (AvgIpc) is 3.15. The van der Waals surface area contributed by atoms with Crippen LogP contribution in [0.2, 0.25) is 0 Å². The maximum atomic E-state index is 12.1. The fraction of sp³-hybridized carbons (Fsp3) is 0.529.